The minimum Gasteiger partial charge on any atom is -0.473 e. The average Bonchev–Trinajstić information content (AvgIpc) is 3.15. The molecule has 31 heavy (non-hydrogen) atoms. The van der Waals surface area contributed by atoms with E-state index in [0.717, 1.165) is 36.8 Å². The van der Waals surface area contributed by atoms with Gasteiger partial charge in [0.2, 0.25) is 0 Å². The van der Waals surface area contributed by atoms with Crippen molar-refractivity contribution in [2.24, 2.45) is 0 Å². The van der Waals surface area contributed by atoms with E-state index in [2.05, 4.69) is 29.2 Å². The van der Waals surface area contributed by atoms with E-state index >= 15 is 0 Å². The summed E-state index contributed by atoms with van der Waals surface area (Å²) in [6, 6.07) is 8.19. The number of carboxylic acid groups (broad SMARTS) is 2. The summed E-state index contributed by atoms with van der Waals surface area (Å²) in [7, 11) is 0. The molecule has 0 bridgehead atoms. The predicted octanol–water partition coefficient (Wildman–Crippen LogP) is 2.77. The maximum atomic E-state index is 12.6. The fourth-order valence-electron chi connectivity index (χ4n) is 3.58. The lowest BCUT2D eigenvalue weighted by molar-refractivity contribution is -0.159. The van der Waals surface area contributed by atoms with Gasteiger partial charge in [0.05, 0.1) is 5.52 Å². The monoisotopic (exact) mass is 432 g/mol. The number of carbonyl (C=O) groups is 3. The van der Waals surface area contributed by atoms with Gasteiger partial charge in [0.15, 0.2) is 5.69 Å². The molecule has 1 saturated heterocycles. The van der Waals surface area contributed by atoms with Gasteiger partial charge >= 0.3 is 11.9 Å². The number of piperidine rings is 1. The highest BCUT2D eigenvalue weighted by atomic mass is 16.4. The molecule has 0 saturated carbocycles. The van der Waals surface area contributed by atoms with Crippen LogP contribution in [0.1, 0.15) is 62.5 Å². The quantitative estimate of drug-likeness (QED) is 0.454. The number of para-hydroxylation sites is 1. The third kappa shape index (κ3) is 7.36. The van der Waals surface area contributed by atoms with Gasteiger partial charge in [0.25, 0.3) is 5.91 Å². The molecule has 1 aliphatic rings. The van der Waals surface area contributed by atoms with E-state index in [1.54, 1.807) is 0 Å². The second-order valence-electron chi connectivity index (χ2n) is 7.88. The van der Waals surface area contributed by atoms with Crippen molar-refractivity contribution in [3.8, 4) is 0 Å². The molecule has 1 aromatic heterocycles. The number of unbranched alkanes of at least 4 members (excludes halogenated alkanes) is 1. The number of fused-ring (bicyclic) bond motifs is 1. The Kier molecular flexibility index (Phi) is 9.45. The lowest BCUT2D eigenvalue weighted by atomic mass is 10.1. The fraction of sp³-hybridized carbons (Fsp3) is 0.545. The molecule has 1 amide bonds. The molecule has 3 N–H and O–H groups in total. The Balaban J connectivity index is 0.000000501. The molecule has 9 heteroatoms. The summed E-state index contributed by atoms with van der Waals surface area (Å²) in [5, 5.41) is 23.3. The highest BCUT2D eigenvalue weighted by Gasteiger charge is 2.17. The third-order valence-electron chi connectivity index (χ3n) is 5.14. The van der Waals surface area contributed by atoms with Gasteiger partial charge in [-0.25, -0.2) is 9.59 Å². The summed E-state index contributed by atoms with van der Waals surface area (Å²) in [4.78, 5) is 33.3. The molecule has 1 aromatic carbocycles. The number of hydrogen-bond donors (Lipinski definition) is 3. The number of aliphatic carboxylic acids is 2. The Bertz CT molecular complexity index is 875. The fourth-order valence-corrected chi connectivity index (χ4v) is 3.58. The topological polar surface area (TPSA) is 125 Å². The van der Waals surface area contributed by atoms with Crippen LogP contribution in [-0.4, -0.2) is 68.9 Å². The second kappa shape index (κ2) is 12.0. The van der Waals surface area contributed by atoms with Crippen molar-refractivity contribution >= 4 is 28.7 Å². The van der Waals surface area contributed by atoms with Crippen LogP contribution in [0.3, 0.4) is 0 Å². The molecule has 9 nitrogen and oxygen atoms in total. The van der Waals surface area contributed by atoms with E-state index < -0.39 is 11.9 Å². The van der Waals surface area contributed by atoms with E-state index in [0.29, 0.717) is 5.69 Å². The lowest BCUT2D eigenvalue weighted by Gasteiger charge is -2.26. The molecule has 0 spiro atoms. The van der Waals surface area contributed by atoms with E-state index in [9.17, 15) is 4.79 Å². The third-order valence-corrected chi connectivity index (χ3v) is 5.14. The number of benzene rings is 1. The van der Waals surface area contributed by atoms with Gasteiger partial charge in [-0.15, -0.1) is 0 Å². The number of nitrogens with one attached hydrogen (secondary N) is 1. The van der Waals surface area contributed by atoms with Crippen LogP contribution in [0.4, 0.5) is 0 Å². The Morgan fingerprint density at radius 2 is 1.68 bits per heavy atom. The van der Waals surface area contributed by atoms with Crippen molar-refractivity contribution in [1.82, 2.24) is 20.0 Å². The molecule has 1 fully saturated rings. The first-order chi connectivity index (χ1) is 14.8. The summed E-state index contributed by atoms with van der Waals surface area (Å²) in [6.07, 6.45) is 6.21. The van der Waals surface area contributed by atoms with Crippen molar-refractivity contribution in [1.29, 1.82) is 0 Å². The molecule has 2 heterocycles. The van der Waals surface area contributed by atoms with Gasteiger partial charge in [0.1, 0.15) is 0 Å². The van der Waals surface area contributed by atoms with Crippen LogP contribution >= 0.6 is 0 Å². The molecule has 2 aromatic rings. The van der Waals surface area contributed by atoms with Gasteiger partial charge in [0, 0.05) is 18.0 Å². The normalized spacial score (nSPS) is 14.2. The second-order valence-corrected chi connectivity index (χ2v) is 7.88. The summed E-state index contributed by atoms with van der Waals surface area (Å²) in [6.45, 7) is 8.52. The Hall–Kier alpha value is -2.94. The van der Waals surface area contributed by atoms with Crippen molar-refractivity contribution in [2.75, 3.05) is 26.2 Å². The minimum atomic E-state index is -1.82. The summed E-state index contributed by atoms with van der Waals surface area (Å²) >= 11 is 0. The Morgan fingerprint density at radius 3 is 2.29 bits per heavy atom. The number of rotatable bonds is 7. The lowest BCUT2D eigenvalue weighted by Crippen LogP contribution is -2.31. The van der Waals surface area contributed by atoms with Crippen LogP contribution in [0, 0.1) is 0 Å². The van der Waals surface area contributed by atoms with E-state index in [1.165, 1.54) is 32.4 Å². The van der Waals surface area contributed by atoms with Crippen LogP contribution in [0.25, 0.3) is 10.9 Å². The standard InChI is InChI=1S/C20H30N4O.C2H2O4/c1-16(2)24-18-11-5-4-10-17(18)19(22-24)20(25)21-12-6-9-15-23-13-7-3-8-14-23;3-1(4)2(5)6/h4-5,10-11,16H,3,6-9,12-15H2,1-2H3,(H,21,25);(H,3,4)(H,5,6). The number of amides is 1. The van der Waals surface area contributed by atoms with Gasteiger partial charge in [-0.2, -0.15) is 5.10 Å². The molecule has 0 unspecified atom stereocenters. The van der Waals surface area contributed by atoms with Gasteiger partial charge in [-0.3, -0.25) is 9.48 Å². The first kappa shape index (κ1) is 24.3. The number of carbonyl (C=O) groups excluding carboxylic acids is 1. The van der Waals surface area contributed by atoms with Crippen molar-refractivity contribution < 1.29 is 24.6 Å². The van der Waals surface area contributed by atoms with Crippen LogP contribution in [-0.2, 0) is 9.59 Å². The van der Waals surface area contributed by atoms with Crippen LogP contribution in [0.2, 0.25) is 0 Å². The number of likely N-dealkylation sites (tertiary alicyclic amines) is 1. The van der Waals surface area contributed by atoms with Crippen LogP contribution in [0.5, 0.6) is 0 Å². The Labute approximate surface area is 182 Å². The zero-order chi connectivity index (χ0) is 22.8. The van der Waals surface area contributed by atoms with Gasteiger partial charge in [-0.1, -0.05) is 24.6 Å². The van der Waals surface area contributed by atoms with E-state index in [4.69, 9.17) is 19.8 Å². The maximum Gasteiger partial charge on any atom is 0.414 e. The van der Waals surface area contributed by atoms with Crippen LogP contribution < -0.4 is 5.32 Å². The first-order valence-electron chi connectivity index (χ1n) is 10.7. The van der Waals surface area contributed by atoms with E-state index in [1.807, 2.05) is 28.9 Å². The van der Waals surface area contributed by atoms with Crippen molar-refractivity contribution in [2.45, 2.75) is 52.0 Å². The first-order valence-corrected chi connectivity index (χ1v) is 10.7. The number of nitrogens with zero attached hydrogens (tertiary/aromatic N) is 3. The largest absolute Gasteiger partial charge is 0.473 e. The van der Waals surface area contributed by atoms with Gasteiger partial charge < -0.3 is 20.4 Å². The zero-order valence-corrected chi connectivity index (χ0v) is 18.2. The summed E-state index contributed by atoms with van der Waals surface area (Å²) < 4.78 is 1.93. The minimum absolute atomic E-state index is 0.0615. The number of aromatic nitrogens is 2. The zero-order valence-electron chi connectivity index (χ0n) is 18.2. The molecule has 0 radical (unpaired) electrons. The highest BCUT2D eigenvalue weighted by molar-refractivity contribution is 6.27. The molecular formula is C22H32N4O5. The van der Waals surface area contributed by atoms with E-state index in [-0.39, 0.29) is 11.9 Å². The molecular weight excluding hydrogens is 400 g/mol. The summed E-state index contributed by atoms with van der Waals surface area (Å²) in [5.74, 6) is -3.71. The maximum absolute atomic E-state index is 12.6. The molecule has 1 aliphatic heterocycles. The molecule has 0 aliphatic carbocycles. The molecule has 170 valence electrons. The van der Waals surface area contributed by atoms with Crippen molar-refractivity contribution in [3.63, 3.8) is 0 Å². The molecule has 3 rings (SSSR count). The smallest absolute Gasteiger partial charge is 0.414 e. The number of hydrogen-bond acceptors (Lipinski definition) is 5. The number of carboxylic acids is 2. The SMILES string of the molecule is CC(C)n1nc(C(=O)NCCCCN2CCCCC2)c2ccccc21.O=C(O)C(=O)O. The van der Waals surface area contributed by atoms with Crippen molar-refractivity contribution in [3.05, 3.63) is 30.0 Å². The summed E-state index contributed by atoms with van der Waals surface area (Å²) in [5.41, 5.74) is 1.56. The highest BCUT2D eigenvalue weighted by Crippen LogP contribution is 2.21. The van der Waals surface area contributed by atoms with Crippen LogP contribution in [0.15, 0.2) is 24.3 Å². The molecule has 0 atom stereocenters. The predicted molar refractivity (Wildman–Crippen MR) is 117 cm³/mol. The van der Waals surface area contributed by atoms with Gasteiger partial charge in [-0.05, 0) is 65.2 Å². The average molecular weight is 433 g/mol. The Morgan fingerprint density at radius 1 is 1.03 bits per heavy atom.